The number of benzene rings is 2. The first kappa shape index (κ1) is 20.2. The first-order valence-corrected chi connectivity index (χ1v) is 10.9. The van der Waals surface area contributed by atoms with E-state index in [1.807, 2.05) is 47.8 Å². The first-order valence-electron chi connectivity index (χ1n) is 9.04. The molecule has 0 saturated heterocycles. The van der Waals surface area contributed by atoms with Gasteiger partial charge in [-0.05, 0) is 24.3 Å². The Hall–Kier alpha value is -3.04. The molecule has 0 bridgehead atoms. The normalized spacial score (nSPS) is 10.7. The number of thiazole rings is 1. The van der Waals surface area contributed by atoms with E-state index >= 15 is 0 Å². The van der Waals surface area contributed by atoms with Crippen molar-refractivity contribution in [2.24, 2.45) is 0 Å². The van der Waals surface area contributed by atoms with Gasteiger partial charge in [0.2, 0.25) is 5.89 Å². The summed E-state index contributed by atoms with van der Waals surface area (Å²) in [6.45, 7) is 0.446. The fraction of sp³-hybridized carbons (Fsp3) is 0.190. The van der Waals surface area contributed by atoms with Crippen LogP contribution in [0.3, 0.4) is 0 Å². The van der Waals surface area contributed by atoms with Crippen molar-refractivity contribution in [2.45, 2.75) is 17.6 Å². The van der Waals surface area contributed by atoms with Crippen LogP contribution in [-0.4, -0.2) is 29.4 Å². The zero-order valence-corrected chi connectivity index (χ0v) is 18.0. The number of nitrogens with zero attached hydrogens (tertiary/aromatic N) is 3. The highest BCUT2D eigenvalue weighted by atomic mass is 32.2. The minimum absolute atomic E-state index is 0.407. The van der Waals surface area contributed by atoms with Crippen molar-refractivity contribution in [2.75, 3.05) is 14.2 Å². The predicted octanol–water partition coefficient (Wildman–Crippen LogP) is 5.08. The van der Waals surface area contributed by atoms with Crippen LogP contribution in [0.1, 0.15) is 10.7 Å². The summed E-state index contributed by atoms with van der Waals surface area (Å²) in [6.07, 6.45) is 0. The molecule has 4 rings (SSSR count). The monoisotopic (exact) mass is 441 g/mol. The summed E-state index contributed by atoms with van der Waals surface area (Å²) in [5.74, 6) is 3.18. The number of thioether (sulfide) groups is 1. The van der Waals surface area contributed by atoms with Crippen LogP contribution in [0, 0.1) is 0 Å². The molecule has 0 fully saturated rings. The van der Waals surface area contributed by atoms with Crippen molar-refractivity contribution >= 4 is 23.1 Å². The van der Waals surface area contributed by atoms with Gasteiger partial charge >= 0.3 is 0 Å². The molecule has 154 valence electrons. The van der Waals surface area contributed by atoms with Crippen molar-refractivity contribution in [3.63, 3.8) is 0 Å². The van der Waals surface area contributed by atoms with Crippen LogP contribution in [-0.2, 0) is 12.4 Å². The summed E-state index contributed by atoms with van der Waals surface area (Å²) in [4.78, 5) is 4.60. The molecule has 0 N–H and O–H groups in total. The molecule has 0 saturated carbocycles. The van der Waals surface area contributed by atoms with Crippen LogP contribution in [0.4, 0.5) is 0 Å². The van der Waals surface area contributed by atoms with Crippen molar-refractivity contribution in [3.8, 4) is 28.7 Å². The Balaban J connectivity index is 1.35. The summed E-state index contributed by atoms with van der Waals surface area (Å²) in [6, 6.07) is 15.1. The summed E-state index contributed by atoms with van der Waals surface area (Å²) in [5, 5.41) is 11.7. The van der Waals surface area contributed by atoms with Gasteiger partial charge in [0, 0.05) is 22.8 Å². The van der Waals surface area contributed by atoms with E-state index in [1.165, 1.54) is 11.8 Å². The maximum Gasteiger partial charge on any atom is 0.277 e. The minimum Gasteiger partial charge on any atom is -0.497 e. The number of hydrogen-bond donors (Lipinski definition) is 0. The molecule has 30 heavy (non-hydrogen) atoms. The third-order valence-electron chi connectivity index (χ3n) is 4.05. The predicted molar refractivity (Wildman–Crippen MR) is 115 cm³/mol. The number of para-hydroxylation sites is 1. The van der Waals surface area contributed by atoms with E-state index in [1.54, 1.807) is 31.6 Å². The Morgan fingerprint density at radius 2 is 1.73 bits per heavy atom. The molecule has 0 atom stereocenters. The molecule has 0 aliphatic rings. The van der Waals surface area contributed by atoms with Crippen LogP contribution in [0.5, 0.6) is 17.2 Å². The van der Waals surface area contributed by atoms with Crippen LogP contribution in [0.25, 0.3) is 11.5 Å². The van der Waals surface area contributed by atoms with Gasteiger partial charge in [0.15, 0.2) is 0 Å². The van der Waals surface area contributed by atoms with E-state index in [-0.39, 0.29) is 0 Å². The van der Waals surface area contributed by atoms with Gasteiger partial charge in [-0.25, -0.2) is 4.98 Å². The van der Waals surface area contributed by atoms with Gasteiger partial charge in [0.05, 0.1) is 19.9 Å². The van der Waals surface area contributed by atoms with Gasteiger partial charge in [-0.1, -0.05) is 30.0 Å². The second-order valence-corrected chi connectivity index (χ2v) is 7.97. The average molecular weight is 442 g/mol. The third kappa shape index (κ3) is 5.11. The number of aromatic nitrogens is 3. The van der Waals surface area contributed by atoms with Crippen molar-refractivity contribution in [1.82, 2.24) is 15.2 Å². The van der Waals surface area contributed by atoms with E-state index in [2.05, 4.69) is 15.2 Å². The van der Waals surface area contributed by atoms with Crippen LogP contribution >= 0.6 is 23.1 Å². The second-order valence-electron chi connectivity index (χ2n) is 6.10. The Morgan fingerprint density at radius 3 is 2.47 bits per heavy atom. The van der Waals surface area contributed by atoms with E-state index in [0.29, 0.717) is 35.0 Å². The lowest BCUT2D eigenvalue weighted by molar-refractivity contribution is 0.305. The quantitative estimate of drug-likeness (QED) is 0.333. The van der Waals surface area contributed by atoms with Gasteiger partial charge in [-0.3, -0.25) is 0 Å². The number of rotatable bonds is 9. The Bertz CT molecular complexity index is 1080. The Kier molecular flexibility index (Phi) is 6.50. The molecule has 9 heteroatoms. The zero-order chi connectivity index (χ0) is 20.8. The van der Waals surface area contributed by atoms with Gasteiger partial charge in [0.1, 0.15) is 28.9 Å². The molecule has 0 amide bonds. The summed E-state index contributed by atoms with van der Waals surface area (Å²) >= 11 is 3.01. The van der Waals surface area contributed by atoms with Crippen molar-refractivity contribution in [3.05, 3.63) is 64.6 Å². The standard InChI is InChI=1S/C21H19N3O4S2/c1-25-17-8-14(9-18(10-17)26-2)20-23-24-21(28-20)30-13-15-12-29-19(22-15)11-27-16-6-4-3-5-7-16/h3-10,12H,11,13H2,1-2H3. The maximum absolute atomic E-state index is 5.78. The number of ether oxygens (including phenoxy) is 3. The van der Waals surface area contributed by atoms with Gasteiger partial charge in [-0.15, -0.1) is 21.5 Å². The maximum atomic E-state index is 5.78. The molecular weight excluding hydrogens is 422 g/mol. The second kappa shape index (κ2) is 9.64. The molecule has 0 aliphatic heterocycles. The lowest BCUT2D eigenvalue weighted by Crippen LogP contribution is -1.94. The van der Waals surface area contributed by atoms with Crippen LogP contribution in [0.15, 0.2) is 63.6 Å². The molecule has 0 spiro atoms. The van der Waals surface area contributed by atoms with Crippen LogP contribution in [0.2, 0.25) is 0 Å². The van der Waals surface area contributed by atoms with E-state index < -0.39 is 0 Å². The van der Waals surface area contributed by atoms with Crippen molar-refractivity contribution < 1.29 is 18.6 Å². The highest BCUT2D eigenvalue weighted by molar-refractivity contribution is 7.98. The first-order chi connectivity index (χ1) is 14.7. The topological polar surface area (TPSA) is 79.5 Å². The van der Waals surface area contributed by atoms with Crippen molar-refractivity contribution in [1.29, 1.82) is 0 Å². The highest BCUT2D eigenvalue weighted by Gasteiger charge is 2.13. The molecule has 0 radical (unpaired) electrons. The highest BCUT2D eigenvalue weighted by Crippen LogP contribution is 2.31. The Labute approximate surface area is 182 Å². The lowest BCUT2D eigenvalue weighted by Gasteiger charge is -2.05. The largest absolute Gasteiger partial charge is 0.497 e. The summed E-state index contributed by atoms with van der Waals surface area (Å²) < 4.78 is 22.1. The Morgan fingerprint density at radius 1 is 0.967 bits per heavy atom. The molecule has 0 unspecified atom stereocenters. The SMILES string of the molecule is COc1cc(OC)cc(-c2nnc(SCc3csc(COc4ccccc4)n3)o2)c1. The van der Waals surface area contributed by atoms with Gasteiger partial charge < -0.3 is 18.6 Å². The van der Waals surface area contributed by atoms with Gasteiger partial charge in [-0.2, -0.15) is 0 Å². The fourth-order valence-electron chi connectivity index (χ4n) is 2.59. The average Bonchev–Trinajstić information content (AvgIpc) is 3.46. The summed E-state index contributed by atoms with van der Waals surface area (Å²) in [7, 11) is 3.20. The smallest absolute Gasteiger partial charge is 0.277 e. The zero-order valence-electron chi connectivity index (χ0n) is 16.4. The molecule has 2 aromatic carbocycles. The van der Waals surface area contributed by atoms with Crippen LogP contribution < -0.4 is 14.2 Å². The molecule has 2 aromatic heterocycles. The van der Waals surface area contributed by atoms with Gasteiger partial charge in [0.25, 0.3) is 5.22 Å². The lowest BCUT2D eigenvalue weighted by atomic mass is 10.2. The van der Waals surface area contributed by atoms with E-state index in [0.717, 1.165) is 22.0 Å². The molecule has 0 aliphatic carbocycles. The molecule has 4 aromatic rings. The fourth-order valence-corrected chi connectivity index (χ4v) is 4.06. The molecule has 7 nitrogen and oxygen atoms in total. The number of methoxy groups -OCH3 is 2. The minimum atomic E-state index is 0.407. The number of hydrogen-bond acceptors (Lipinski definition) is 9. The molecular formula is C21H19N3O4S2. The van der Waals surface area contributed by atoms with E-state index in [4.69, 9.17) is 18.6 Å². The molecule has 2 heterocycles. The summed E-state index contributed by atoms with van der Waals surface area (Å²) in [5.41, 5.74) is 1.68. The van der Waals surface area contributed by atoms with E-state index in [9.17, 15) is 0 Å². The third-order valence-corrected chi connectivity index (χ3v) is 5.78.